The van der Waals surface area contributed by atoms with Crippen molar-refractivity contribution in [2.75, 3.05) is 58.2 Å². The minimum absolute atomic E-state index is 0.00388. The minimum atomic E-state index is -5.04. The van der Waals surface area contributed by atoms with Crippen molar-refractivity contribution in [3.63, 3.8) is 0 Å². The lowest BCUT2D eigenvalue weighted by molar-refractivity contribution is -0.274. The van der Waals surface area contributed by atoms with Crippen LogP contribution in [0, 0.1) is 17.8 Å². The first-order chi connectivity index (χ1) is 29.3. The molecule has 4 heterocycles. The number of aromatic nitrogens is 2. The van der Waals surface area contributed by atoms with Gasteiger partial charge in [-0.3, -0.25) is 14.5 Å². The quantitative estimate of drug-likeness (QED) is 0.174. The summed E-state index contributed by atoms with van der Waals surface area (Å²) in [7, 11) is 1.24. The van der Waals surface area contributed by atoms with Crippen LogP contribution in [0.1, 0.15) is 58.3 Å². The van der Waals surface area contributed by atoms with Crippen LogP contribution in [0.3, 0.4) is 0 Å². The molecule has 0 bridgehead atoms. The second-order valence-corrected chi connectivity index (χ2v) is 18.8. The predicted molar refractivity (Wildman–Crippen MR) is 228 cm³/mol. The number of nitrogens with one attached hydrogen (secondary N) is 3. The standard InChI is InChI=1S/C42H50Cl3F3N8O6/c1-23(2)35(52-40(60)61-4)38(58)56-22-24(3)17-33(56)36-49-21-32(50-36)26-7-5-25(6-8-26)28-18-30(43)31(19-34(28)62-42(46,47)48)51-39(59)55-15-13-53(14-16-55)27-9-11-54(12-10-27)37(57)29-20-41(29,44)45/h5-8,18-19,21,23-24,27,29,33,35H,9-17,20,22H2,1-4H3,(H,49,50)(H,51,59)(H,52,60). The molecule has 1 aromatic heterocycles. The number of carbonyl (C=O) groups is 4. The van der Waals surface area contributed by atoms with E-state index in [1.165, 1.54) is 13.2 Å². The molecule has 4 fully saturated rings. The van der Waals surface area contributed by atoms with Gasteiger partial charge >= 0.3 is 18.5 Å². The zero-order valence-corrected chi connectivity index (χ0v) is 37.0. The van der Waals surface area contributed by atoms with Gasteiger partial charge in [-0.05, 0) is 54.7 Å². The van der Waals surface area contributed by atoms with Crippen LogP contribution in [0.4, 0.5) is 28.4 Å². The summed E-state index contributed by atoms with van der Waals surface area (Å²) < 4.78 is 49.6. The summed E-state index contributed by atoms with van der Waals surface area (Å²) in [4.78, 5) is 67.1. The van der Waals surface area contributed by atoms with Gasteiger partial charge in [0, 0.05) is 63.5 Å². The number of piperazine rings is 1. The van der Waals surface area contributed by atoms with Crippen molar-refractivity contribution in [1.29, 1.82) is 0 Å². The van der Waals surface area contributed by atoms with Crippen LogP contribution in [0.5, 0.6) is 5.75 Å². The molecule has 0 spiro atoms. The first kappa shape index (κ1) is 45.6. The number of methoxy groups -OCH3 is 1. The van der Waals surface area contributed by atoms with E-state index in [1.807, 2.05) is 25.7 Å². The highest BCUT2D eigenvalue weighted by Crippen LogP contribution is 2.54. The number of imidazole rings is 1. The van der Waals surface area contributed by atoms with Gasteiger partial charge in [0.1, 0.15) is 21.9 Å². The SMILES string of the molecule is COC(=O)NC(C(=O)N1CC(C)CC1c1ncc(-c2ccc(-c3cc(Cl)c(NC(=O)N4CCN(C5CCN(C(=O)C6CC6(Cl)Cl)CC5)CC4)cc3OC(F)(F)F)cc2)[nH]1)C(C)C. The summed E-state index contributed by atoms with van der Waals surface area (Å²) in [5.41, 5.74) is 1.69. The number of piperidine rings is 1. The van der Waals surface area contributed by atoms with Crippen molar-refractivity contribution in [3.05, 3.63) is 53.4 Å². The third-order valence-electron chi connectivity index (χ3n) is 12.2. The summed E-state index contributed by atoms with van der Waals surface area (Å²) in [5.74, 6) is -0.603. The first-order valence-corrected chi connectivity index (χ1v) is 21.8. The van der Waals surface area contributed by atoms with Gasteiger partial charge in [0.2, 0.25) is 11.8 Å². The Balaban J connectivity index is 0.993. The summed E-state index contributed by atoms with van der Waals surface area (Å²) in [6.45, 7) is 9.39. The number of amides is 5. The van der Waals surface area contributed by atoms with Crippen molar-refractivity contribution in [1.82, 2.24) is 34.9 Å². The van der Waals surface area contributed by atoms with Gasteiger partial charge in [0.25, 0.3) is 0 Å². The third kappa shape index (κ3) is 10.3. The zero-order chi connectivity index (χ0) is 44.7. The molecular formula is C42H50Cl3F3N8O6. The second-order valence-electron chi connectivity index (χ2n) is 16.9. The molecule has 336 valence electrons. The van der Waals surface area contributed by atoms with Gasteiger partial charge in [-0.2, -0.15) is 0 Å². The molecular weight excluding hydrogens is 876 g/mol. The molecule has 3 saturated heterocycles. The molecule has 20 heteroatoms. The lowest BCUT2D eigenvalue weighted by atomic mass is 10.0. The lowest BCUT2D eigenvalue weighted by Gasteiger charge is -2.42. The fraction of sp³-hybridized carbons (Fsp3) is 0.548. The van der Waals surface area contributed by atoms with E-state index in [1.54, 1.807) is 40.3 Å². The van der Waals surface area contributed by atoms with E-state index in [2.05, 4.69) is 30.2 Å². The number of anilines is 1. The number of carbonyl (C=O) groups excluding carboxylic acids is 4. The second kappa shape index (κ2) is 18.3. The summed E-state index contributed by atoms with van der Waals surface area (Å²) in [5, 5.41) is 5.34. The number of rotatable bonds is 10. The summed E-state index contributed by atoms with van der Waals surface area (Å²) in [6, 6.07) is 7.65. The van der Waals surface area contributed by atoms with Crippen molar-refractivity contribution in [2.45, 2.75) is 75.3 Å². The van der Waals surface area contributed by atoms with Crippen molar-refractivity contribution in [3.8, 4) is 28.1 Å². The molecule has 4 unspecified atom stereocenters. The molecule has 7 rings (SSSR count). The highest BCUT2D eigenvalue weighted by atomic mass is 35.5. The van der Waals surface area contributed by atoms with Crippen LogP contribution in [-0.4, -0.2) is 129 Å². The van der Waals surface area contributed by atoms with E-state index in [-0.39, 0.29) is 57.9 Å². The number of nitrogens with zero attached hydrogens (tertiary/aromatic N) is 5. The molecule has 2 aromatic carbocycles. The number of H-pyrrole nitrogens is 1. The van der Waals surface area contributed by atoms with E-state index in [0.717, 1.165) is 18.9 Å². The molecule has 62 heavy (non-hydrogen) atoms. The minimum Gasteiger partial charge on any atom is -0.453 e. The summed E-state index contributed by atoms with van der Waals surface area (Å²) in [6.07, 6.45) is -1.40. The number of likely N-dealkylation sites (tertiary alicyclic amines) is 2. The van der Waals surface area contributed by atoms with E-state index < -0.39 is 34.6 Å². The molecule has 4 aliphatic rings. The lowest BCUT2D eigenvalue weighted by Crippen LogP contribution is -2.55. The molecule has 14 nitrogen and oxygen atoms in total. The number of alkyl carbamates (subject to hydrolysis) is 1. The molecule has 3 aromatic rings. The molecule has 3 aliphatic heterocycles. The predicted octanol–water partition coefficient (Wildman–Crippen LogP) is 7.92. The fourth-order valence-corrected chi connectivity index (χ4v) is 9.34. The largest absolute Gasteiger partial charge is 0.573 e. The Labute approximate surface area is 372 Å². The number of hydrogen-bond acceptors (Lipinski definition) is 8. The van der Waals surface area contributed by atoms with E-state index in [0.29, 0.717) is 81.3 Å². The Hall–Kier alpha value is -4.45. The van der Waals surface area contributed by atoms with Crippen LogP contribution in [-0.2, 0) is 14.3 Å². The highest BCUT2D eigenvalue weighted by molar-refractivity contribution is 6.52. The number of urea groups is 1. The van der Waals surface area contributed by atoms with Crippen molar-refractivity contribution in [2.24, 2.45) is 17.8 Å². The zero-order valence-electron chi connectivity index (χ0n) is 34.7. The Morgan fingerprint density at radius 1 is 0.968 bits per heavy atom. The highest BCUT2D eigenvalue weighted by Gasteiger charge is 2.57. The number of ether oxygens (including phenoxy) is 2. The van der Waals surface area contributed by atoms with Gasteiger partial charge < -0.3 is 39.8 Å². The monoisotopic (exact) mass is 924 g/mol. The van der Waals surface area contributed by atoms with Crippen molar-refractivity contribution < 1.29 is 41.8 Å². The molecule has 5 amide bonds. The summed E-state index contributed by atoms with van der Waals surface area (Å²) >= 11 is 18.8. The van der Waals surface area contributed by atoms with Gasteiger partial charge in [-0.25, -0.2) is 14.6 Å². The Bertz CT molecular complexity index is 2140. The van der Waals surface area contributed by atoms with E-state index >= 15 is 0 Å². The normalized spacial score (nSPS) is 22.4. The Morgan fingerprint density at radius 2 is 1.61 bits per heavy atom. The number of hydrogen-bond donors (Lipinski definition) is 3. The Morgan fingerprint density at radius 3 is 2.21 bits per heavy atom. The van der Waals surface area contributed by atoms with Crippen LogP contribution >= 0.6 is 34.8 Å². The number of aromatic amines is 1. The maximum atomic E-state index is 13.8. The maximum absolute atomic E-state index is 13.8. The van der Waals surface area contributed by atoms with Crippen LogP contribution in [0.25, 0.3) is 22.4 Å². The third-order valence-corrected chi connectivity index (χ3v) is 13.3. The number of alkyl halides is 5. The van der Waals surface area contributed by atoms with E-state index in [4.69, 9.17) is 39.5 Å². The van der Waals surface area contributed by atoms with Gasteiger partial charge in [-0.1, -0.05) is 56.6 Å². The molecule has 0 radical (unpaired) electrons. The topological polar surface area (TPSA) is 152 Å². The average molecular weight is 926 g/mol. The first-order valence-electron chi connectivity index (χ1n) is 20.7. The van der Waals surface area contributed by atoms with Crippen molar-refractivity contribution >= 4 is 64.4 Å². The van der Waals surface area contributed by atoms with Gasteiger partial charge in [0.15, 0.2) is 0 Å². The number of benzene rings is 2. The maximum Gasteiger partial charge on any atom is 0.573 e. The van der Waals surface area contributed by atoms with Crippen LogP contribution in [0.2, 0.25) is 5.02 Å². The van der Waals surface area contributed by atoms with Crippen LogP contribution in [0.15, 0.2) is 42.6 Å². The molecule has 1 saturated carbocycles. The van der Waals surface area contributed by atoms with Crippen LogP contribution < -0.4 is 15.4 Å². The van der Waals surface area contributed by atoms with E-state index in [9.17, 15) is 32.3 Å². The molecule has 3 N–H and O–H groups in total. The smallest absolute Gasteiger partial charge is 0.453 e. The van der Waals surface area contributed by atoms with Gasteiger partial charge in [-0.15, -0.1) is 36.4 Å². The molecule has 1 aliphatic carbocycles. The Kier molecular flexibility index (Phi) is 13.5. The molecule has 4 atom stereocenters. The average Bonchev–Trinajstić information content (AvgIpc) is 3.51. The fourth-order valence-electron chi connectivity index (χ4n) is 8.63. The van der Waals surface area contributed by atoms with Gasteiger partial charge in [0.05, 0.1) is 41.7 Å². The number of halogens is 6.